The van der Waals surface area contributed by atoms with Crippen molar-refractivity contribution >= 4 is 16.8 Å². The van der Waals surface area contributed by atoms with Gasteiger partial charge in [0.25, 0.3) is 5.91 Å². The first-order valence-electron chi connectivity index (χ1n) is 10.2. The molecule has 1 saturated carbocycles. The smallest absolute Gasteiger partial charge is 0.255 e. The van der Waals surface area contributed by atoms with Crippen molar-refractivity contribution in [3.05, 3.63) is 35.5 Å². The number of carbonyl (C=O) groups is 1. The summed E-state index contributed by atoms with van der Waals surface area (Å²) in [5, 5.41) is 12.4. The van der Waals surface area contributed by atoms with Crippen LogP contribution in [0.25, 0.3) is 10.9 Å². The lowest BCUT2D eigenvalue weighted by Crippen LogP contribution is -2.59. The van der Waals surface area contributed by atoms with Gasteiger partial charge in [0.1, 0.15) is 0 Å². The third-order valence-corrected chi connectivity index (χ3v) is 6.44. The van der Waals surface area contributed by atoms with Gasteiger partial charge in [-0.2, -0.15) is 0 Å². The van der Waals surface area contributed by atoms with Crippen LogP contribution in [0.1, 0.15) is 43.4 Å². The second-order valence-electron chi connectivity index (χ2n) is 8.63. The molecule has 1 aliphatic carbocycles. The number of aromatic nitrogens is 1. The van der Waals surface area contributed by atoms with Crippen LogP contribution in [-0.4, -0.2) is 58.1 Å². The van der Waals surface area contributed by atoms with Gasteiger partial charge >= 0.3 is 0 Å². The topological polar surface area (TPSA) is 59.6 Å². The normalized spacial score (nSPS) is 24.0. The standard InChI is InChI=1S/C22H31N3O2/c1-16-18-9-3-4-10-19(18)23-20(16)14-24(2)15-22(27)11-6-12-25(21(22)26)13-17-7-5-8-17/h3-4,9-10,17,23,27H,5-8,11-15H2,1-2H3. The summed E-state index contributed by atoms with van der Waals surface area (Å²) < 4.78 is 0. The lowest BCUT2D eigenvalue weighted by molar-refractivity contribution is -0.160. The van der Waals surface area contributed by atoms with Crippen LogP contribution in [0, 0.1) is 12.8 Å². The number of H-pyrrole nitrogens is 1. The summed E-state index contributed by atoms with van der Waals surface area (Å²) >= 11 is 0. The van der Waals surface area contributed by atoms with Crippen molar-refractivity contribution in [2.24, 2.45) is 5.92 Å². The van der Waals surface area contributed by atoms with Crippen molar-refractivity contribution in [1.29, 1.82) is 0 Å². The quantitative estimate of drug-likeness (QED) is 0.823. The number of nitrogens with one attached hydrogen (secondary N) is 1. The summed E-state index contributed by atoms with van der Waals surface area (Å²) in [6.45, 7) is 4.82. The number of rotatable bonds is 6. The second-order valence-corrected chi connectivity index (χ2v) is 8.63. The molecule has 2 heterocycles. The van der Waals surface area contributed by atoms with Crippen LogP contribution in [0.3, 0.4) is 0 Å². The van der Waals surface area contributed by atoms with Crippen molar-refractivity contribution < 1.29 is 9.90 Å². The maximum atomic E-state index is 13.0. The van der Waals surface area contributed by atoms with Gasteiger partial charge in [-0.15, -0.1) is 0 Å². The number of piperidine rings is 1. The molecule has 1 saturated heterocycles. The molecule has 5 nitrogen and oxygen atoms in total. The molecular formula is C22H31N3O2. The molecule has 1 atom stereocenters. The van der Waals surface area contributed by atoms with Crippen molar-refractivity contribution in [3.8, 4) is 0 Å². The highest BCUT2D eigenvalue weighted by atomic mass is 16.3. The molecule has 2 aliphatic rings. The van der Waals surface area contributed by atoms with E-state index in [-0.39, 0.29) is 5.91 Å². The largest absolute Gasteiger partial charge is 0.379 e. The van der Waals surface area contributed by atoms with E-state index in [1.165, 1.54) is 30.2 Å². The highest BCUT2D eigenvalue weighted by molar-refractivity contribution is 5.86. The van der Waals surface area contributed by atoms with Crippen LogP contribution >= 0.6 is 0 Å². The molecule has 1 aromatic carbocycles. The number of para-hydroxylation sites is 1. The Kier molecular flexibility index (Phi) is 4.99. The highest BCUT2D eigenvalue weighted by Crippen LogP contribution is 2.31. The molecule has 1 amide bonds. The van der Waals surface area contributed by atoms with Crippen LogP contribution in [0.15, 0.2) is 24.3 Å². The molecule has 1 aromatic heterocycles. The summed E-state index contributed by atoms with van der Waals surface area (Å²) in [6, 6.07) is 8.30. The summed E-state index contributed by atoms with van der Waals surface area (Å²) in [4.78, 5) is 20.4. The first-order chi connectivity index (χ1) is 13.0. The Morgan fingerprint density at radius 1 is 1.30 bits per heavy atom. The molecule has 2 fully saturated rings. The van der Waals surface area contributed by atoms with Crippen LogP contribution < -0.4 is 0 Å². The number of nitrogens with zero attached hydrogens (tertiary/aromatic N) is 2. The van der Waals surface area contributed by atoms with Gasteiger partial charge in [0.05, 0.1) is 0 Å². The van der Waals surface area contributed by atoms with Gasteiger partial charge in [0.2, 0.25) is 0 Å². The van der Waals surface area contributed by atoms with Crippen LogP contribution in [0.4, 0.5) is 0 Å². The van der Waals surface area contributed by atoms with Gasteiger partial charge in [-0.3, -0.25) is 9.69 Å². The number of aryl methyl sites for hydroxylation is 1. The SMILES string of the molecule is Cc1c(CN(C)CC2(O)CCCN(CC3CCC3)C2=O)[nH]c2ccccc12. The van der Waals surface area contributed by atoms with Crippen molar-refractivity contribution in [2.75, 3.05) is 26.7 Å². The zero-order chi connectivity index (χ0) is 19.0. The van der Waals surface area contributed by atoms with E-state index in [4.69, 9.17) is 0 Å². The van der Waals surface area contributed by atoms with E-state index in [0.29, 0.717) is 25.4 Å². The Morgan fingerprint density at radius 2 is 2.07 bits per heavy atom. The molecule has 1 unspecified atom stereocenters. The summed E-state index contributed by atoms with van der Waals surface area (Å²) in [6.07, 6.45) is 5.17. The lowest BCUT2D eigenvalue weighted by Gasteiger charge is -2.42. The van der Waals surface area contributed by atoms with Crippen molar-refractivity contribution in [3.63, 3.8) is 0 Å². The zero-order valence-electron chi connectivity index (χ0n) is 16.5. The van der Waals surface area contributed by atoms with E-state index in [9.17, 15) is 9.90 Å². The molecule has 2 aromatic rings. The third kappa shape index (κ3) is 3.63. The summed E-state index contributed by atoms with van der Waals surface area (Å²) in [5.74, 6) is 0.573. The molecule has 2 N–H and O–H groups in total. The molecule has 0 radical (unpaired) electrons. The lowest BCUT2D eigenvalue weighted by atomic mass is 9.83. The Morgan fingerprint density at radius 3 is 2.78 bits per heavy atom. The van der Waals surface area contributed by atoms with Gasteiger partial charge in [-0.1, -0.05) is 24.6 Å². The van der Waals surface area contributed by atoms with Gasteiger partial charge < -0.3 is 15.0 Å². The third-order valence-electron chi connectivity index (χ3n) is 6.44. The van der Waals surface area contributed by atoms with Gasteiger partial charge in [-0.05, 0) is 57.2 Å². The number of hydrogen-bond acceptors (Lipinski definition) is 3. The number of hydrogen-bond donors (Lipinski definition) is 2. The first-order valence-corrected chi connectivity index (χ1v) is 10.2. The van der Waals surface area contributed by atoms with Crippen LogP contribution in [-0.2, 0) is 11.3 Å². The number of fused-ring (bicyclic) bond motifs is 1. The molecule has 27 heavy (non-hydrogen) atoms. The molecule has 5 heteroatoms. The molecular weight excluding hydrogens is 338 g/mol. The average molecular weight is 370 g/mol. The van der Waals surface area contributed by atoms with E-state index < -0.39 is 5.60 Å². The van der Waals surface area contributed by atoms with Gasteiger partial charge in [0.15, 0.2) is 5.60 Å². The Hall–Kier alpha value is -1.85. The second kappa shape index (κ2) is 7.28. The first kappa shape index (κ1) is 18.5. The highest BCUT2D eigenvalue weighted by Gasteiger charge is 2.43. The van der Waals surface area contributed by atoms with E-state index >= 15 is 0 Å². The van der Waals surface area contributed by atoms with Gasteiger partial charge in [-0.25, -0.2) is 0 Å². The van der Waals surface area contributed by atoms with Crippen LogP contribution in [0.5, 0.6) is 0 Å². The summed E-state index contributed by atoms with van der Waals surface area (Å²) in [7, 11) is 1.99. The Bertz CT molecular complexity index is 826. The van der Waals surface area contributed by atoms with E-state index in [1.807, 2.05) is 18.0 Å². The number of likely N-dealkylation sites (tertiary alicyclic amines) is 1. The monoisotopic (exact) mass is 369 g/mol. The fraction of sp³-hybridized carbons (Fsp3) is 0.591. The van der Waals surface area contributed by atoms with Gasteiger partial charge in [0, 0.05) is 42.8 Å². The zero-order valence-corrected chi connectivity index (χ0v) is 16.5. The number of likely N-dealkylation sites (N-methyl/N-ethyl adjacent to an activating group) is 1. The molecule has 1 aliphatic heterocycles. The average Bonchev–Trinajstić information content (AvgIpc) is 2.91. The minimum absolute atomic E-state index is 0.0686. The predicted molar refractivity (Wildman–Crippen MR) is 107 cm³/mol. The van der Waals surface area contributed by atoms with Crippen LogP contribution in [0.2, 0.25) is 0 Å². The Balaban J connectivity index is 1.43. The van der Waals surface area contributed by atoms with Crippen molar-refractivity contribution in [1.82, 2.24) is 14.8 Å². The predicted octanol–water partition coefficient (Wildman–Crippen LogP) is 3.06. The maximum Gasteiger partial charge on any atom is 0.255 e. The number of amides is 1. The number of benzene rings is 1. The molecule has 0 spiro atoms. The fourth-order valence-corrected chi connectivity index (χ4v) is 4.64. The molecule has 146 valence electrons. The number of aliphatic hydroxyl groups is 1. The number of aromatic amines is 1. The van der Waals surface area contributed by atoms with E-state index in [1.54, 1.807) is 0 Å². The Labute approximate surface area is 161 Å². The number of carbonyl (C=O) groups excluding carboxylic acids is 1. The van der Waals surface area contributed by atoms with E-state index in [2.05, 4.69) is 35.0 Å². The minimum Gasteiger partial charge on any atom is -0.379 e. The molecule has 4 rings (SSSR count). The van der Waals surface area contributed by atoms with Crippen molar-refractivity contribution in [2.45, 2.75) is 51.2 Å². The minimum atomic E-state index is -1.25. The molecule has 0 bridgehead atoms. The fourth-order valence-electron chi connectivity index (χ4n) is 4.64. The van der Waals surface area contributed by atoms with E-state index in [0.717, 1.165) is 30.7 Å². The summed E-state index contributed by atoms with van der Waals surface area (Å²) in [5.41, 5.74) is 2.27. The maximum absolute atomic E-state index is 13.0.